The van der Waals surface area contributed by atoms with E-state index in [1.54, 1.807) is 0 Å². The van der Waals surface area contributed by atoms with Crippen molar-refractivity contribution in [2.45, 2.75) is 12.8 Å². The third-order valence-corrected chi connectivity index (χ3v) is 3.99. The number of nitrogens with zero attached hydrogens (tertiary/aromatic N) is 3. The summed E-state index contributed by atoms with van der Waals surface area (Å²) < 4.78 is 4.72. The highest BCUT2D eigenvalue weighted by Crippen LogP contribution is 2.20. The Morgan fingerprint density at radius 3 is 2.50 bits per heavy atom. The molecule has 1 saturated heterocycles. The number of rotatable bonds is 3. The van der Waals surface area contributed by atoms with E-state index in [4.69, 9.17) is 10.3 Å². The quantitative estimate of drug-likeness (QED) is 0.933. The number of carbonyl (C=O) groups is 1. The van der Waals surface area contributed by atoms with Crippen LogP contribution in [-0.4, -0.2) is 40.6 Å². The summed E-state index contributed by atoms with van der Waals surface area (Å²) in [5.41, 5.74) is 7.20. The lowest BCUT2D eigenvalue weighted by Crippen LogP contribution is -2.40. The number of likely N-dealkylation sites (tertiary alicyclic amines) is 1. The smallest absolute Gasteiger partial charge is 0.253 e. The van der Waals surface area contributed by atoms with Crippen LogP contribution in [0, 0.1) is 5.92 Å². The molecule has 1 amide bonds. The molecule has 1 aliphatic heterocycles. The van der Waals surface area contributed by atoms with Gasteiger partial charge in [-0.3, -0.25) is 4.79 Å². The predicted molar refractivity (Wildman–Crippen MR) is 84.7 cm³/mol. The summed E-state index contributed by atoms with van der Waals surface area (Å²) in [5, 5.41) is 3.78. The molecule has 22 heavy (non-hydrogen) atoms. The Morgan fingerprint density at radius 1 is 1.27 bits per heavy atom. The Kier molecular flexibility index (Phi) is 5.51. The fourth-order valence-corrected chi connectivity index (χ4v) is 2.61. The van der Waals surface area contributed by atoms with Crippen molar-refractivity contribution in [2.24, 2.45) is 11.7 Å². The van der Waals surface area contributed by atoms with E-state index in [2.05, 4.69) is 10.1 Å². The summed E-state index contributed by atoms with van der Waals surface area (Å²) in [5.74, 6) is 1.15. The molecule has 1 aromatic carbocycles. The molecule has 6 nitrogen and oxygen atoms in total. The van der Waals surface area contributed by atoms with Crippen LogP contribution < -0.4 is 5.73 Å². The summed E-state index contributed by atoms with van der Waals surface area (Å²) >= 11 is 0. The van der Waals surface area contributed by atoms with Crippen LogP contribution in [0.1, 0.15) is 23.2 Å². The van der Waals surface area contributed by atoms with Crippen LogP contribution in [0.15, 0.2) is 35.2 Å². The normalized spacial score (nSPS) is 15.4. The van der Waals surface area contributed by atoms with Crippen molar-refractivity contribution in [3.63, 3.8) is 0 Å². The second-order valence-electron chi connectivity index (χ2n) is 5.30. The Balaban J connectivity index is 0.00000176. The summed E-state index contributed by atoms with van der Waals surface area (Å²) in [4.78, 5) is 18.3. The van der Waals surface area contributed by atoms with Gasteiger partial charge in [0, 0.05) is 24.2 Å². The van der Waals surface area contributed by atoms with Gasteiger partial charge < -0.3 is 15.2 Å². The zero-order chi connectivity index (χ0) is 14.7. The van der Waals surface area contributed by atoms with Gasteiger partial charge in [-0.1, -0.05) is 17.3 Å². The third kappa shape index (κ3) is 3.45. The van der Waals surface area contributed by atoms with E-state index in [1.165, 1.54) is 6.39 Å². The monoisotopic (exact) mass is 322 g/mol. The molecule has 0 unspecified atom stereocenters. The SMILES string of the molecule is Cl.NCC1CCN(C(=O)c2ccc(-c3ncon3)cc2)CC1. The number of hydrogen-bond donors (Lipinski definition) is 1. The third-order valence-electron chi connectivity index (χ3n) is 3.99. The zero-order valence-corrected chi connectivity index (χ0v) is 13.0. The summed E-state index contributed by atoms with van der Waals surface area (Å²) in [6.45, 7) is 2.28. The molecular weight excluding hydrogens is 304 g/mol. The molecule has 0 atom stereocenters. The molecule has 0 aliphatic carbocycles. The predicted octanol–water partition coefficient (Wildman–Crippen LogP) is 1.97. The fraction of sp³-hybridized carbons (Fsp3) is 0.400. The molecule has 0 radical (unpaired) electrons. The molecule has 0 saturated carbocycles. The van der Waals surface area contributed by atoms with Gasteiger partial charge in [-0.15, -0.1) is 12.4 Å². The van der Waals surface area contributed by atoms with Crippen LogP contribution in [0.25, 0.3) is 11.4 Å². The van der Waals surface area contributed by atoms with Crippen molar-refractivity contribution in [1.82, 2.24) is 15.0 Å². The number of nitrogens with two attached hydrogens (primary N) is 1. The number of aromatic nitrogens is 2. The van der Waals surface area contributed by atoms with Crippen LogP contribution in [-0.2, 0) is 0 Å². The lowest BCUT2D eigenvalue weighted by atomic mass is 9.96. The highest BCUT2D eigenvalue weighted by atomic mass is 35.5. The Labute approximate surface area is 135 Å². The maximum Gasteiger partial charge on any atom is 0.253 e. The lowest BCUT2D eigenvalue weighted by Gasteiger charge is -2.31. The van der Waals surface area contributed by atoms with Crippen molar-refractivity contribution >= 4 is 18.3 Å². The summed E-state index contributed by atoms with van der Waals surface area (Å²) in [6, 6.07) is 7.29. The number of amides is 1. The maximum atomic E-state index is 12.4. The number of piperidine rings is 1. The molecule has 1 aromatic heterocycles. The first-order chi connectivity index (χ1) is 10.3. The lowest BCUT2D eigenvalue weighted by molar-refractivity contribution is 0.0693. The minimum atomic E-state index is 0. The second kappa shape index (κ2) is 7.38. The number of benzene rings is 1. The minimum absolute atomic E-state index is 0. The molecule has 2 N–H and O–H groups in total. The van der Waals surface area contributed by atoms with Gasteiger partial charge in [0.25, 0.3) is 5.91 Å². The molecule has 7 heteroatoms. The maximum absolute atomic E-state index is 12.4. The number of hydrogen-bond acceptors (Lipinski definition) is 5. The van der Waals surface area contributed by atoms with Gasteiger partial charge in [0.2, 0.25) is 12.2 Å². The molecule has 2 heterocycles. The van der Waals surface area contributed by atoms with E-state index in [0.717, 1.165) is 31.5 Å². The zero-order valence-electron chi connectivity index (χ0n) is 12.1. The highest BCUT2D eigenvalue weighted by molar-refractivity contribution is 5.94. The molecular formula is C15H19ClN4O2. The van der Waals surface area contributed by atoms with Crippen molar-refractivity contribution < 1.29 is 9.32 Å². The summed E-state index contributed by atoms with van der Waals surface area (Å²) in [7, 11) is 0. The molecule has 3 rings (SSSR count). The Bertz CT molecular complexity index is 593. The van der Waals surface area contributed by atoms with E-state index >= 15 is 0 Å². The molecule has 2 aromatic rings. The number of halogens is 1. The largest absolute Gasteiger partial charge is 0.342 e. The van der Waals surface area contributed by atoms with E-state index < -0.39 is 0 Å². The number of carbonyl (C=O) groups excluding carboxylic acids is 1. The molecule has 1 aliphatic rings. The van der Waals surface area contributed by atoms with Gasteiger partial charge in [0.05, 0.1) is 0 Å². The van der Waals surface area contributed by atoms with Crippen LogP contribution in [0.5, 0.6) is 0 Å². The van der Waals surface area contributed by atoms with E-state index in [-0.39, 0.29) is 18.3 Å². The van der Waals surface area contributed by atoms with Gasteiger partial charge >= 0.3 is 0 Å². The Morgan fingerprint density at radius 2 is 1.95 bits per heavy atom. The van der Waals surface area contributed by atoms with Crippen LogP contribution in [0.3, 0.4) is 0 Å². The van der Waals surface area contributed by atoms with E-state index in [9.17, 15) is 4.79 Å². The van der Waals surface area contributed by atoms with Crippen LogP contribution in [0.4, 0.5) is 0 Å². The van der Waals surface area contributed by atoms with Gasteiger partial charge in [-0.25, -0.2) is 0 Å². The van der Waals surface area contributed by atoms with E-state index in [0.29, 0.717) is 23.9 Å². The standard InChI is InChI=1S/C15H18N4O2.ClH/c16-9-11-5-7-19(8-6-11)15(20)13-3-1-12(2-4-13)14-17-10-21-18-14;/h1-4,10-11H,5-9,16H2;1H. The van der Waals surface area contributed by atoms with Crippen molar-refractivity contribution in [3.05, 3.63) is 36.2 Å². The fourth-order valence-electron chi connectivity index (χ4n) is 2.61. The molecule has 1 fully saturated rings. The van der Waals surface area contributed by atoms with Gasteiger partial charge in [0.1, 0.15) is 0 Å². The van der Waals surface area contributed by atoms with Crippen LogP contribution >= 0.6 is 12.4 Å². The van der Waals surface area contributed by atoms with Crippen LogP contribution in [0.2, 0.25) is 0 Å². The first kappa shape index (κ1) is 16.5. The van der Waals surface area contributed by atoms with E-state index in [1.807, 2.05) is 29.2 Å². The van der Waals surface area contributed by atoms with Gasteiger partial charge in [-0.05, 0) is 37.4 Å². The Hall–Kier alpha value is -1.92. The molecule has 0 bridgehead atoms. The van der Waals surface area contributed by atoms with Crippen molar-refractivity contribution in [1.29, 1.82) is 0 Å². The minimum Gasteiger partial charge on any atom is -0.342 e. The topological polar surface area (TPSA) is 85.2 Å². The average molecular weight is 323 g/mol. The molecule has 0 spiro atoms. The second-order valence-corrected chi connectivity index (χ2v) is 5.30. The average Bonchev–Trinajstić information content (AvgIpc) is 3.09. The first-order valence-corrected chi connectivity index (χ1v) is 7.14. The van der Waals surface area contributed by atoms with Gasteiger partial charge in [-0.2, -0.15) is 4.98 Å². The van der Waals surface area contributed by atoms with Crippen molar-refractivity contribution in [2.75, 3.05) is 19.6 Å². The van der Waals surface area contributed by atoms with Gasteiger partial charge in [0.15, 0.2) is 0 Å². The van der Waals surface area contributed by atoms with Crippen molar-refractivity contribution in [3.8, 4) is 11.4 Å². The molecule has 118 valence electrons. The highest BCUT2D eigenvalue weighted by Gasteiger charge is 2.22. The summed E-state index contributed by atoms with van der Waals surface area (Å²) in [6.07, 6.45) is 3.27. The first-order valence-electron chi connectivity index (χ1n) is 7.14.